The fourth-order valence-corrected chi connectivity index (χ4v) is 2.81. The lowest BCUT2D eigenvalue weighted by Crippen LogP contribution is -1.96. The van der Waals surface area contributed by atoms with Crippen molar-refractivity contribution in [3.05, 3.63) is 57.8 Å². The minimum atomic E-state index is -0.489. The maximum atomic E-state index is 14.0. The van der Waals surface area contributed by atoms with Crippen molar-refractivity contribution >= 4 is 23.2 Å². The van der Waals surface area contributed by atoms with Crippen LogP contribution in [0.25, 0.3) is 22.8 Å². The predicted molar refractivity (Wildman–Crippen MR) is 87.8 cm³/mol. The van der Waals surface area contributed by atoms with Gasteiger partial charge in [-0.25, -0.2) is 14.1 Å². The highest BCUT2D eigenvalue weighted by atomic mass is 35.5. The summed E-state index contributed by atoms with van der Waals surface area (Å²) in [5, 5.41) is 14.0. The van der Waals surface area contributed by atoms with Crippen molar-refractivity contribution in [2.75, 3.05) is 0 Å². The molecule has 7 heteroatoms. The number of aliphatic hydroxyl groups is 1. The molecule has 118 valence electrons. The molecule has 1 heterocycles. The smallest absolute Gasteiger partial charge is 0.186 e. The minimum absolute atomic E-state index is 0.102. The summed E-state index contributed by atoms with van der Waals surface area (Å²) in [6, 6.07) is 9.55. The van der Waals surface area contributed by atoms with Crippen molar-refractivity contribution in [3.8, 4) is 22.8 Å². The van der Waals surface area contributed by atoms with Gasteiger partial charge in [-0.2, -0.15) is 5.10 Å². The Bertz CT molecular complexity index is 860. The highest BCUT2D eigenvalue weighted by Gasteiger charge is 2.18. The van der Waals surface area contributed by atoms with E-state index in [0.29, 0.717) is 22.0 Å². The van der Waals surface area contributed by atoms with Crippen LogP contribution in [0.3, 0.4) is 0 Å². The van der Waals surface area contributed by atoms with Crippen molar-refractivity contribution < 1.29 is 9.50 Å². The van der Waals surface area contributed by atoms with Crippen LogP contribution in [0.4, 0.5) is 4.39 Å². The second-order valence-corrected chi connectivity index (χ2v) is 5.77. The number of aryl methyl sites for hydroxylation is 1. The Labute approximate surface area is 142 Å². The lowest BCUT2D eigenvalue weighted by Gasteiger charge is -2.04. The zero-order chi connectivity index (χ0) is 16.6. The van der Waals surface area contributed by atoms with E-state index in [9.17, 15) is 4.39 Å². The second-order valence-electron chi connectivity index (χ2n) is 4.95. The van der Waals surface area contributed by atoms with E-state index in [-0.39, 0.29) is 23.0 Å². The van der Waals surface area contributed by atoms with Gasteiger partial charge in [-0.05, 0) is 29.8 Å². The maximum Gasteiger partial charge on any atom is 0.186 e. The van der Waals surface area contributed by atoms with Crippen molar-refractivity contribution in [3.63, 3.8) is 0 Å². The quantitative estimate of drug-likeness (QED) is 0.773. The summed E-state index contributed by atoms with van der Waals surface area (Å²) in [5.74, 6) is 0.179. The van der Waals surface area contributed by atoms with Crippen LogP contribution in [-0.2, 0) is 13.7 Å². The molecule has 0 saturated carbocycles. The van der Waals surface area contributed by atoms with Crippen LogP contribution in [-0.4, -0.2) is 19.9 Å². The van der Waals surface area contributed by atoms with Crippen LogP contribution in [0.5, 0.6) is 0 Å². The third-order valence-electron chi connectivity index (χ3n) is 3.41. The number of rotatable bonds is 3. The standard InChI is InChI=1S/C16H12Cl2FN3O/c1-22-16(10-6-5-9(8-23)7-12(10)18)20-15(21-22)14-11(17)3-2-4-13(14)19/h2-7,23H,8H2,1H3. The topological polar surface area (TPSA) is 50.9 Å². The fraction of sp³-hybridized carbons (Fsp3) is 0.125. The fourth-order valence-electron chi connectivity index (χ4n) is 2.27. The van der Waals surface area contributed by atoms with Gasteiger partial charge < -0.3 is 5.11 Å². The van der Waals surface area contributed by atoms with Gasteiger partial charge in [0, 0.05) is 12.6 Å². The average Bonchev–Trinajstić information content (AvgIpc) is 2.88. The van der Waals surface area contributed by atoms with Crippen LogP contribution >= 0.6 is 23.2 Å². The Kier molecular flexibility index (Phi) is 4.35. The van der Waals surface area contributed by atoms with E-state index in [1.165, 1.54) is 16.8 Å². The number of benzene rings is 2. The van der Waals surface area contributed by atoms with E-state index < -0.39 is 5.82 Å². The first-order valence-corrected chi connectivity index (χ1v) is 7.52. The van der Waals surface area contributed by atoms with Gasteiger partial charge >= 0.3 is 0 Å². The summed E-state index contributed by atoms with van der Waals surface area (Å²) in [5.41, 5.74) is 1.48. The maximum absolute atomic E-state index is 14.0. The molecular weight excluding hydrogens is 340 g/mol. The van der Waals surface area contributed by atoms with Crippen LogP contribution < -0.4 is 0 Å². The molecule has 3 rings (SSSR count). The van der Waals surface area contributed by atoms with Gasteiger partial charge in [0.15, 0.2) is 11.6 Å². The van der Waals surface area contributed by atoms with Gasteiger partial charge in [0.1, 0.15) is 5.82 Å². The Morgan fingerprint density at radius 2 is 1.96 bits per heavy atom. The van der Waals surface area contributed by atoms with Gasteiger partial charge in [0.25, 0.3) is 0 Å². The van der Waals surface area contributed by atoms with Gasteiger partial charge in [-0.15, -0.1) is 0 Å². The molecule has 0 amide bonds. The number of aromatic nitrogens is 3. The summed E-state index contributed by atoms with van der Waals surface area (Å²) in [6.07, 6.45) is 0. The molecule has 0 spiro atoms. The minimum Gasteiger partial charge on any atom is -0.392 e. The number of aliphatic hydroxyl groups excluding tert-OH is 1. The highest BCUT2D eigenvalue weighted by Crippen LogP contribution is 2.32. The monoisotopic (exact) mass is 351 g/mol. The highest BCUT2D eigenvalue weighted by molar-refractivity contribution is 6.33. The molecular formula is C16H12Cl2FN3O. The first-order chi connectivity index (χ1) is 11.0. The Hall–Kier alpha value is -1.95. The third kappa shape index (κ3) is 2.95. The number of hydrogen-bond donors (Lipinski definition) is 1. The van der Waals surface area contributed by atoms with Gasteiger partial charge in [0.2, 0.25) is 0 Å². The van der Waals surface area contributed by atoms with Gasteiger partial charge in [-0.1, -0.05) is 35.3 Å². The van der Waals surface area contributed by atoms with E-state index in [1.54, 1.807) is 31.3 Å². The molecule has 0 radical (unpaired) electrons. The van der Waals surface area contributed by atoms with E-state index in [2.05, 4.69) is 10.1 Å². The third-order valence-corrected chi connectivity index (χ3v) is 4.03. The number of halogens is 3. The van der Waals surface area contributed by atoms with Crippen molar-refractivity contribution in [1.82, 2.24) is 14.8 Å². The zero-order valence-electron chi connectivity index (χ0n) is 12.1. The first kappa shape index (κ1) is 15.9. The molecule has 23 heavy (non-hydrogen) atoms. The second kappa shape index (κ2) is 6.28. The van der Waals surface area contributed by atoms with Crippen molar-refractivity contribution in [2.24, 2.45) is 7.05 Å². The van der Waals surface area contributed by atoms with E-state index in [0.717, 1.165) is 0 Å². The van der Waals surface area contributed by atoms with Gasteiger partial charge in [-0.3, -0.25) is 0 Å². The van der Waals surface area contributed by atoms with Crippen LogP contribution in [0.2, 0.25) is 10.0 Å². The predicted octanol–water partition coefficient (Wildman–Crippen LogP) is 4.09. The Balaban J connectivity index is 2.12. The number of nitrogens with zero attached hydrogens (tertiary/aromatic N) is 3. The van der Waals surface area contributed by atoms with E-state index in [1.807, 2.05) is 0 Å². The molecule has 0 unspecified atom stereocenters. The van der Waals surface area contributed by atoms with Crippen LogP contribution in [0.1, 0.15) is 5.56 Å². The van der Waals surface area contributed by atoms with Crippen molar-refractivity contribution in [2.45, 2.75) is 6.61 Å². The molecule has 0 fully saturated rings. The average molecular weight is 352 g/mol. The SMILES string of the molecule is Cn1nc(-c2c(F)cccc2Cl)nc1-c1ccc(CO)cc1Cl. The number of hydrogen-bond acceptors (Lipinski definition) is 3. The molecule has 4 nitrogen and oxygen atoms in total. The molecule has 0 aliphatic heterocycles. The summed E-state index contributed by atoms with van der Waals surface area (Å²) < 4.78 is 15.5. The van der Waals surface area contributed by atoms with Crippen LogP contribution in [0.15, 0.2) is 36.4 Å². The molecule has 0 bridgehead atoms. The summed E-state index contributed by atoms with van der Waals surface area (Å²) in [7, 11) is 1.69. The van der Waals surface area contributed by atoms with Gasteiger partial charge in [0.05, 0.1) is 22.2 Å². The molecule has 2 aromatic carbocycles. The van der Waals surface area contributed by atoms with Crippen LogP contribution in [0, 0.1) is 5.82 Å². The lowest BCUT2D eigenvalue weighted by atomic mass is 10.1. The molecule has 0 aliphatic rings. The molecule has 1 N–H and O–H groups in total. The summed E-state index contributed by atoms with van der Waals surface area (Å²) >= 11 is 12.3. The largest absolute Gasteiger partial charge is 0.392 e. The zero-order valence-corrected chi connectivity index (χ0v) is 13.6. The first-order valence-electron chi connectivity index (χ1n) is 6.76. The normalized spacial score (nSPS) is 11.0. The Morgan fingerprint density at radius 3 is 2.61 bits per heavy atom. The van der Waals surface area contributed by atoms with E-state index in [4.69, 9.17) is 28.3 Å². The lowest BCUT2D eigenvalue weighted by molar-refractivity contribution is 0.282. The summed E-state index contributed by atoms with van der Waals surface area (Å²) in [4.78, 5) is 4.37. The summed E-state index contributed by atoms with van der Waals surface area (Å²) in [6.45, 7) is -0.102. The molecule has 0 atom stereocenters. The van der Waals surface area contributed by atoms with E-state index >= 15 is 0 Å². The molecule has 0 saturated heterocycles. The van der Waals surface area contributed by atoms with Crippen molar-refractivity contribution in [1.29, 1.82) is 0 Å². The molecule has 1 aromatic heterocycles. The Morgan fingerprint density at radius 1 is 1.17 bits per heavy atom. The molecule has 3 aromatic rings. The molecule has 0 aliphatic carbocycles.